The number of fused-ring (bicyclic) bond motifs is 1. The third kappa shape index (κ3) is 3.74. The Morgan fingerprint density at radius 3 is 2.70 bits per heavy atom. The summed E-state index contributed by atoms with van der Waals surface area (Å²) in [7, 11) is 0. The third-order valence-electron chi connectivity index (χ3n) is 3.65. The molecular formula is C18H18N2OS2. The number of amides is 1. The van der Waals surface area contributed by atoms with Gasteiger partial charge >= 0.3 is 0 Å². The molecule has 1 heterocycles. The molecule has 0 aliphatic heterocycles. The number of hydrogen-bond acceptors (Lipinski definition) is 4. The van der Waals surface area contributed by atoms with Crippen LogP contribution in [0.2, 0.25) is 0 Å². The minimum Gasteiger partial charge on any atom is -0.302 e. The molecule has 3 nitrogen and oxygen atoms in total. The van der Waals surface area contributed by atoms with Gasteiger partial charge in [-0.05, 0) is 42.0 Å². The van der Waals surface area contributed by atoms with E-state index < -0.39 is 0 Å². The molecule has 118 valence electrons. The zero-order valence-corrected chi connectivity index (χ0v) is 14.8. The molecule has 23 heavy (non-hydrogen) atoms. The Balaban J connectivity index is 1.72. The summed E-state index contributed by atoms with van der Waals surface area (Å²) in [6, 6.07) is 14.2. The predicted molar refractivity (Wildman–Crippen MR) is 99.6 cm³/mol. The van der Waals surface area contributed by atoms with E-state index in [0.717, 1.165) is 22.2 Å². The number of thiazole rings is 1. The summed E-state index contributed by atoms with van der Waals surface area (Å²) in [4.78, 5) is 18.0. The second kappa shape index (κ2) is 7.15. The van der Waals surface area contributed by atoms with E-state index in [1.54, 1.807) is 11.8 Å². The molecule has 0 atom stereocenters. The van der Waals surface area contributed by atoms with Crippen molar-refractivity contribution in [2.45, 2.75) is 24.7 Å². The Morgan fingerprint density at radius 2 is 2.00 bits per heavy atom. The van der Waals surface area contributed by atoms with Crippen molar-refractivity contribution >= 4 is 44.4 Å². The van der Waals surface area contributed by atoms with E-state index in [0.29, 0.717) is 11.6 Å². The molecule has 0 saturated heterocycles. The maximum atomic E-state index is 12.2. The van der Waals surface area contributed by atoms with E-state index in [1.165, 1.54) is 21.8 Å². The Kier molecular flexibility index (Phi) is 4.98. The third-order valence-corrected chi connectivity index (χ3v) is 5.33. The van der Waals surface area contributed by atoms with Gasteiger partial charge in [-0.25, -0.2) is 4.98 Å². The van der Waals surface area contributed by atoms with Crippen LogP contribution in [0.4, 0.5) is 5.13 Å². The molecule has 0 unspecified atom stereocenters. The molecule has 3 rings (SSSR count). The van der Waals surface area contributed by atoms with E-state index in [4.69, 9.17) is 0 Å². The Hall–Kier alpha value is -1.85. The number of carbonyl (C=O) groups excluding carboxylic acids is 1. The number of para-hydroxylation sites is 1. The average molecular weight is 342 g/mol. The standard InChI is InChI=1S/C18H18N2OS2/c1-3-13-5-4-6-15-17(13)20-18(23-15)19-16(21)11-12-7-9-14(22-2)10-8-12/h4-10H,3,11H2,1-2H3,(H,19,20,21). The van der Waals surface area contributed by atoms with Crippen molar-refractivity contribution in [3.8, 4) is 0 Å². The molecule has 2 aromatic carbocycles. The summed E-state index contributed by atoms with van der Waals surface area (Å²) >= 11 is 3.22. The first-order chi connectivity index (χ1) is 11.2. The molecule has 1 N–H and O–H groups in total. The van der Waals surface area contributed by atoms with Crippen LogP contribution in [0.3, 0.4) is 0 Å². The number of anilines is 1. The number of rotatable bonds is 5. The number of nitrogens with zero attached hydrogens (tertiary/aromatic N) is 1. The van der Waals surface area contributed by atoms with Crippen LogP contribution in [0.5, 0.6) is 0 Å². The number of nitrogens with one attached hydrogen (secondary N) is 1. The summed E-state index contributed by atoms with van der Waals surface area (Å²) in [5.41, 5.74) is 3.22. The molecule has 0 bridgehead atoms. The van der Waals surface area contributed by atoms with Crippen molar-refractivity contribution in [3.63, 3.8) is 0 Å². The van der Waals surface area contributed by atoms with Gasteiger partial charge in [0.1, 0.15) is 0 Å². The van der Waals surface area contributed by atoms with E-state index in [1.807, 2.05) is 42.7 Å². The van der Waals surface area contributed by atoms with E-state index in [9.17, 15) is 4.79 Å². The second-order valence-corrected chi connectivity index (χ2v) is 7.12. The molecule has 5 heteroatoms. The maximum Gasteiger partial charge on any atom is 0.230 e. The zero-order chi connectivity index (χ0) is 16.2. The van der Waals surface area contributed by atoms with Crippen LogP contribution in [-0.4, -0.2) is 17.1 Å². The van der Waals surface area contributed by atoms with Crippen LogP contribution in [0, 0.1) is 0 Å². The minimum absolute atomic E-state index is 0.0287. The van der Waals surface area contributed by atoms with E-state index >= 15 is 0 Å². The number of thioether (sulfide) groups is 1. The quantitative estimate of drug-likeness (QED) is 0.680. The molecule has 0 spiro atoms. The molecule has 0 aliphatic carbocycles. The normalized spacial score (nSPS) is 10.9. The van der Waals surface area contributed by atoms with Gasteiger partial charge < -0.3 is 5.32 Å². The van der Waals surface area contributed by atoms with Gasteiger partial charge in [-0.1, -0.05) is 42.5 Å². The lowest BCUT2D eigenvalue weighted by Crippen LogP contribution is -2.14. The number of aryl methyl sites for hydroxylation is 1. The summed E-state index contributed by atoms with van der Waals surface area (Å²) in [5.74, 6) is -0.0287. The molecule has 3 aromatic rings. The summed E-state index contributed by atoms with van der Waals surface area (Å²) in [5, 5.41) is 3.60. The lowest BCUT2D eigenvalue weighted by atomic mass is 10.1. The van der Waals surface area contributed by atoms with Gasteiger partial charge in [0.05, 0.1) is 16.6 Å². The Morgan fingerprint density at radius 1 is 1.22 bits per heavy atom. The average Bonchev–Trinajstić information content (AvgIpc) is 2.97. The van der Waals surface area contributed by atoms with Crippen LogP contribution in [-0.2, 0) is 17.6 Å². The number of hydrogen-bond donors (Lipinski definition) is 1. The maximum absolute atomic E-state index is 12.2. The highest BCUT2D eigenvalue weighted by Gasteiger charge is 2.10. The molecule has 0 radical (unpaired) electrons. The van der Waals surface area contributed by atoms with E-state index in [2.05, 4.69) is 23.3 Å². The molecule has 1 amide bonds. The van der Waals surface area contributed by atoms with Crippen molar-refractivity contribution in [3.05, 3.63) is 53.6 Å². The first-order valence-electron chi connectivity index (χ1n) is 7.51. The monoisotopic (exact) mass is 342 g/mol. The molecular weight excluding hydrogens is 324 g/mol. The van der Waals surface area contributed by atoms with Gasteiger partial charge in [-0.3, -0.25) is 4.79 Å². The van der Waals surface area contributed by atoms with Crippen LogP contribution in [0.25, 0.3) is 10.2 Å². The largest absolute Gasteiger partial charge is 0.302 e. The Labute approximate surface area is 144 Å². The van der Waals surface area contributed by atoms with Crippen LogP contribution in [0.1, 0.15) is 18.1 Å². The fourth-order valence-corrected chi connectivity index (χ4v) is 3.77. The molecule has 0 fully saturated rings. The highest BCUT2D eigenvalue weighted by Crippen LogP contribution is 2.28. The summed E-state index contributed by atoms with van der Waals surface area (Å²) in [6.45, 7) is 2.12. The van der Waals surface area contributed by atoms with E-state index in [-0.39, 0.29) is 5.91 Å². The zero-order valence-electron chi connectivity index (χ0n) is 13.1. The van der Waals surface area contributed by atoms with Gasteiger partial charge in [0, 0.05) is 4.90 Å². The summed E-state index contributed by atoms with van der Waals surface area (Å²) in [6.07, 6.45) is 3.35. The lowest BCUT2D eigenvalue weighted by Gasteiger charge is -2.03. The first kappa shape index (κ1) is 16.0. The van der Waals surface area contributed by atoms with Crippen LogP contribution >= 0.6 is 23.1 Å². The topological polar surface area (TPSA) is 42.0 Å². The van der Waals surface area contributed by atoms with Crippen LogP contribution < -0.4 is 5.32 Å². The fourth-order valence-electron chi connectivity index (χ4n) is 2.44. The molecule has 1 aromatic heterocycles. The smallest absolute Gasteiger partial charge is 0.230 e. The number of benzene rings is 2. The van der Waals surface area contributed by atoms with Gasteiger partial charge in [0.15, 0.2) is 5.13 Å². The molecule has 0 saturated carbocycles. The predicted octanol–water partition coefficient (Wildman–Crippen LogP) is 4.76. The fraction of sp³-hybridized carbons (Fsp3) is 0.222. The van der Waals surface area contributed by atoms with Crippen molar-refractivity contribution < 1.29 is 4.79 Å². The van der Waals surface area contributed by atoms with Gasteiger partial charge in [-0.15, -0.1) is 11.8 Å². The van der Waals surface area contributed by atoms with Crippen molar-refractivity contribution in [2.24, 2.45) is 0 Å². The van der Waals surface area contributed by atoms with Crippen molar-refractivity contribution in [1.29, 1.82) is 0 Å². The van der Waals surface area contributed by atoms with Crippen molar-refractivity contribution in [2.75, 3.05) is 11.6 Å². The minimum atomic E-state index is -0.0287. The number of aromatic nitrogens is 1. The van der Waals surface area contributed by atoms with Crippen molar-refractivity contribution in [1.82, 2.24) is 4.98 Å². The van der Waals surface area contributed by atoms with Gasteiger partial charge in [-0.2, -0.15) is 0 Å². The van der Waals surface area contributed by atoms with Gasteiger partial charge in [0.2, 0.25) is 5.91 Å². The SMILES string of the molecule is CCc1cccc2sc(NC(=O)Cc3ccc(SC)cc3)nc12. The number of carbonyl (C=O) groups is 1. The second-order valence-electron chi connectivity index (χ2n) is 5.21. The van der Waals surface area contributed by atoms with Gasteiger partial charge in [0.25, 0.3) is 0 Å². The highest BCUT2D eigenvalue weighted by molar-refractivity contribution is 7.98. The first-order valence-corrected chi connectivity index (χ1v) is 9.55. The Bertz CT molecular complexity index is 825. The lowest BCUT2D eigenvalue weighted by molar-refractivity contribution is -0.115. The highest BCUT2D eigenvalue weighted by atomic mass is 32.2. The molecule has 0 aliphatic rings. The summed E-state index contributed by atoms with van der Waals surface area (Å²) < 4.78 is 1.11. The van der Waals surface area contributed by atoms with Crippen LogP contribution in [0.15, 0.2) is 47.4 Å².